The monoisotopic (exact) mass is 512 g/mol. The molecule has 1 fully saturated rings. The summed E-state index contributed by atoms with van der Waals surface area (Å²) in [6.45, 7) is 2.55. The molecule has 0 aromatic heterocycles. The summed E-state index contributed by atoms with van der Waals surface area (Å²) in [7, 11) is 0. The SMILES string of the molecule is O=C(NCCc1ccccc1)[C@@H]1C[C@H](COc2cccc(C(F)(F)F)c2)CN(Cc2ccc(O)cc2)C1. The van der Waals surface area contributed by atoms with Crippen LogP contribution < -0.4 is 10.1 Å². The topological polar surface area (TPSA) is 61.8 Å². The second kappa shape index (κ2) is 12.1. The number of halogens is 3. The van der Waals surface area contributed by atoms with Gasteiger partial charge in [0, 0.05) is 32.1 Å². The first-order valence-corrected chi connectivity index (χ1v) is 12.4. The van der Waals surface area contributed by atoms with Crippen molar-refractivity contribution in [3.8, 4) is 11.5 Å². The Morgan fingerprint density at radius 3 is 2.46 bits per heavy atom. The molecule has 1 amide bonds. The summed E-state index contributed by atoms with van der Waals surface area (Å²) in [6.07, 6.45) is -3.12. The molecule has 3 aromatic carbocycles. The van der Waals surface area contributed by atoms with Crippen molar-refractivity contribution in [2.24, 2.45) is 11.8 Å². The van der Waals surface area contributed by atoms with E-state index in [0.717, 1.165) is 29.7 Å². The molecule has 0 bridgehead atoms. The number of ether oxygens (including phenoxy) is 1. The van der Waals surface area contributed by atoms with E-state index in [2.05, 4.69) is 10.2 Å². The van der Waals surface area contributed by atoms with Crippen LogP contribution in [0.4, 0.5) is 13.2 Å². The summed E-state index contributed by atoms with van der Waals surface area (Å²) in [5.41, 5.74) is 1.39. The van der Waals surface area contributed by atoms with Crippen LogP contribution in [0.15, 0.2) is 78.9 Å². The Labute approximate surface area is 214 Å². The Bertz CT molecular complexity index is 1150. The quantitative estimate of drug-likeness (QED) is 0.409. The number of carbonyl (C=O) groups is 1. The minimum atomic E-state index is -4.44. The molecule has 8 heteroatoms. The molecule has 2 atom stereocenters. The lowest BCUT2D eigenvalue weighted by atomic mass is 9.88. The highest BCUT2D eigenvalue weighted by Crippen LogP contribution is 2.32. The van der Waals surface area contributed by atoms with Crippen LogP contribution in [0.2, 0.25) is 0 Å². The van der Waals surface area contributed by atoms with Gasteiger partial charge < -0.3 is 15.2 Å². The lowest BCUT2D eigenvalue weighted by molar-refractivity contribution is -0.137. The Kier molecular flexibility index (Phi) is 8.71. The van der Waals surface area contributed by atoms with Crippen LogP contribution in [0.3, 0.4) is 0 Å². The first kappa shape index (κ1) is 26.5. The maximum Gasteiger partial charge on any atom is 0.416 e. The average Bonchev–Trinajstić information content (AvgIpc) is 2.89. The van der Waals surface area contributed by atoms with Gasteiger partial charge in [-0.05, 0) is 54.3 Å². The Hall–Kier alpha value is -3.52. The van der Waals surface area contributed by atoms with Gasteiger partial charge in [0.1, 0.15) is 11.5 Å². The van der Waals surface area contributed by atoms with E-state index in [9.17, 15) is 23.1 Å². The van der Waals surface area contributed by atoms with E-state index in [1.54, 1.807) is 12.1 Å². The largest absolute Gasteiger partial charge is 0.508 e. The molecule has 1 saturated heterocycles. The van der Waals surface area contributed by atoms with Gasteiger partial charge in [0.25, 0.3) is 0 Å². The first-order valence-electron chi connectivity index (χ1n) is 12.4. The number of alkyl halides is 3. The van der Waals surface area contributed by atoms with Crippen LogP contribution in [-0.4, -0.2) is 42.2 Å². The number of nitrogens with one attached hydrogen (secondary N) is 1. The zero-order valence-corrected chi connectivity index (χ0v) is 20.5. The van der Waals surface area contributed by atoms with Gasteiger partial charge in [-0.15, -0.1) is 0 Å². The van der Waals surface area contributed by atoms with E-state index in [1.807, 2.05) is 42.5 Å². The predicted octanol–water partition coefficient (Wildman–Crippen LogP) is 5.29. The number of benzene rings is 3. The maximum absolute atomic E-state index is 13.1. The van der Waals surface area contributed by atoms with Gasteiger partial charge in [-0.3, -0.25) is 9.69 Å². The summed E-state index contributed by atoms with van der Waals surface area (Å²) in [5.74, 6) is 0.0113. The van der Waals surface area contributed by atoms with E-state index >= 15 is 0 Å². The molecule has 0 radical (unpaired) electrons. The molecule has 0 aliphatic carbocycles. The Morgan fingerprint density at radius 2 is 1.73 bits per heavy atom. The molecule has 1 heterocycles. The second-order valence-corrected chi connectivity index (χ2v) is 9.52. The van der Waals surface area contributed by atoms with Gasteiger partial charge in [-0.1, -0.05) is 48.5 Å². The fourth-order valence-electron chi connectivity index (χ4n) is 4.70. The summed E-state index contributed by atoms with van der Waals surface area (Å²) < 4.78 is 45.0. The van der Waals surface area contributed by atoms with Crippen LogP contribution >= 0.6 is 0 Å². The van der Waals surface area contributed by atoms with E-state index in [1.165, 1.54) is 12.1 Å². The fourth-order valence-corrected chi connectivity index (χ4v) is 4.70. The van der Waals surface area contributed by atoms with Crippen molar-refractivity contribution in [3.05, 3.63) is 95.6 Å². The number of phenolic OH excluding ortho intramolecular Hbond substituents is 1. The van der Waals surface area contributed by atoms with Gasteiger partial charge in [0.2, 0.25) is 5.91 Å². The van der Waals surface area contributed by atoms with Gasteiger partial charge in [0.15, 0.2) is 0 Å². The van der Waals surface area contributed by atoms with Crippen LogP contribution in [0.25, 0.3) is 0 Å². The first-order chi connectivity index (χ1) is 17.8. The van der Waals surface area contributed by atoms with Crippen LogP contribution in [0, 0.1) is 11.8 Å². The maximum atomic E-state index is 13.1. The normalized spacial score (nSPS) is 18.4. The molecule has 2 N–H and O–H groups in total. The van der Waals surface area contributed by atoms with Crippen molar-refractivity contribution in [1.82, 2.24) is 10.2 Å². The number of piperidine rings is 1. The van der Waals surface area contributed by atoms with Gasteiger partial charge in [0.05, 0.1) is 18.1 Å². The van der Waals surface area contributed by atoms with Gasteiger partial charge >= 0.3 is 6.18 Å². The minimum absolute atomic E-state index is 0.0320. The van der Waals surface area contributed by atoms with E-state index in [-0.39, 0.29) is 35.8 Å². The molecular weight excluding hydrogens is 481 g/mol. The van der Waals surface area contributed by atoms with E-state index in [0.29, 0.717) is 32.6 Å². The van der Waals surface area contributed by atoms with Crippen molar-refractivity contribution in [1.29, 1.82) is 0 Å². The third kappa shape index (κ3) is 7.98. The van der Waals surface area contributed by atoms with Crippen LogP contribution in [-0.2, 0) is 23.9 Å². The highest BCUT2D eigenvalue weighted by Gasteiger charge is 2.33. The molecule has 0 saturated carbocycles. The number of carbonyl (C=O) groups excluding carboxylic acids is 1. The molecule has 1 aliphatic heterocycles. The zero-order chi connectivity index (χ0) is 26.3. The smallest absolute Gasteiger partial charge is 0.416 e. The molecule has 1 aliphatic rings. The molecule has 4 rings (SSSR count). The molecular formula is C29H31F3N2O3. The van der Waals surface area contributed by atoms with E-state index in [4.69, 9.17) is 4.74 Å². The second-order valence-electron chi connectivity index (χ2n) is 9.52. The van der Waals surface area contributed by atoms with Crippen molar-refractivity contribution < 1.29 is 27.8 Å². The number of likely N-dealkylation sites (tertiary alicyclic amines) is 1. The van der Waals surface area contributed by atoms with Crippen LogP contribution in [0.5, 0.6) is 11.5 Å². The lowest BCUT2D eigenvalue weighted by Gasteiger charge is -2.37. The van der Waals surface area contributed by atoms with Crippen molar-refractivity contribution in [2.75, 3.05) is 26.2 Å². The number of amides is 1. The van der Waals surface area contributed by atoms with Gasteiger partial charge in [-0.2, -0.15) is 13.2 Å². The summed E-state index contributed by atoms with van der Waals surface area (Å²) in [4.78, 5) is 15.2. The molecule has 37 heavy (non-hydrogen) atoms. The number of aromatic hydroxyl groups is 1. The highest BCUT2D eigenvalue weighted by atomic mass is 19.4. The Morgan fingerprint density at radius 1 is 0.973 bits per heavy atom. The van der Waals surface area contributed by atoms with Crippen LogP contribution in [0.1, 0.15) is 23.1 Å². The number of hydrogen-bond donors (Lipinski definition) is 2. The number of rotatable bonds is 9. The third-order valence-corrected chi connectivity index (χ3v) is 6.53. The van der Waals surface area contributed by atoms with Gasteiger partial charge in [-0.25, -0.2) is 0 Å². The lowest BCUT2D eigenvalue weighted by Crippen LogP contribution is -2.47. The average molecular weight is 513 g/mol. The molecule has 196 valence electrons. The number of nitrogens with zero attached hydrogens (tertiary/aromatic N) is 1. The molecule has 0 unspecified atom stereocenters. The number of phenols is 1. The molecule has 0 spiro atoms. The molecule has 3 aromatic rings. The van der Waals surface area contributed by atoms with Crippen molar-refractivity contribution in [3.63, 3.8) is 0 Å². The van der Waals surface area contributed by atoms with Crippen molar-refractivity contribution in [2.45, 2.75) is 25.6 Å². The summed E-state index contributed by atoms with van der Waals surface area (Å²) >= 11 is 0. The fraction of sp³-hybridized carbons (Fsp3) is 0.345. The minimum Gasteiger partial charge on any atom is -0.508 e. The summed E-state index contributed by atoms with van der Waals surface area (Å²) in [5, 5.41) is 12.6. The van der Waals surface area contributed by atoms with E-state index < -0.39 is 11.7 Å². The molecule has 5 nitrogen and oxygen atoms in total. The summed E-state index contributed by atoms with van der Waals surface area (Å²) in [6, 6.07) is 21.7. The predicted molar refractivity (Wildman–Crippen MR) is 135 cm³/mol. The third-order valence-electron chi connectivity index (χ3n) is 6.53. The Balaban J connectivity index is 1.39. The standard InChI is InChI=1S/C29H31F3N2O3/c30-29(31,32)25-7-4-8-27(16-25)37-20-23-15-24(28(36)33-14-13-21-5-2-1-3-6-21)19-34(18-23)17-22-9-11-26(35)12-10-22/h1-12,16,23-24,35H,13-15,17-20H2,(H,33,36)/t23-,24+/m0/s1. The van der Waals surface area contributed by atoms with Crippen molar-refractivity contribution >= 4 is 5.91 Å². The zero-order valence-electron chi connectivity index (χ0n) is 20.5. The number of hydrogen-bond acceptors (Lipinski definition) is 4. The highest BCUT2D eigenvalue weighted by molar-refractivity contribution is 5.79.